The smallest absolute Gasteiger partial charge is 0.340 e. The van der Waals surface area contributed by atoms with Gasteiger partial charge >= 0.3 is 5.97 Å². The van der Waals surface area contributed by atoms with Crippen molar-refractivity contribution in [2.45, 2.75) is 47.3 Å². The van der Waals surface area contributed by atoms with E-state index in [0.717, 1.165) is 17.9 Å². The first-order valence-electron chi connectivity index (χ1n) is 8.54. The van der Waals surface area contributed by atoms with Crippen LogP contribution in [0.25, 0.3) is 0 Å². The van der Waals surface area contributed by atoms with Crippen LogP contribution in [0.1, 0.15) is 52.9 Å². The molecule has 1 heterocycles. The molecule has 138 valence electrons. The van der Waals surface area contributed by atoms with Gasteiger partial charge < -0.3 is 14.6 Å². The molecule has 6 heteroatoms. The second-order valence-corrected chi connectivity index (χ2v) is 6.20. The minimum Gasteiger partial charge on any atom is -0.449 e. The summed E-state index contributed by atoms with van der Waals surface area (Å²) in [6.07, 6.45) is -0.945. The Morgan fingerprint density at radius 2 is 1.77 bits per heavy atom. The van der Waals surface area contributed by atoms with Crippen LogP contribution in [0, 0.1) is 13.8 Å². The summed E-state index contributed by atoms with van der Waals surface area (Å²) in [7, 11) is 0. The molecule has 0 saturated heterocycles. The molecule has 1 amide bonds. The number of carbonyl (C=O) groups is 3. The van der Waals surface area contributed by atoms with Gasteiger partial charge in [-0.3, -0.25) is 9.59 Å². The van der Waals surface area contributed by atoms with E-state index in [1.165, 1.54) is 13.8 Å². The summed E-state index contributed by atoms with van der Waals surface area (Å²) < 4.78 is 7.32. The predicted octanol–water partition coefficient (Wildman–Crippen LogP) is 3.51. The van der Waals surface area contributed by atoms with Gasteiger partial charge in [-0.1, -0.05) is 0 Å². The van der Waals surface area contributed by atoms with E-state index in [4.69, 9.17) is 4.74 Å². The van der Waals surface area contributed by atoms with Crippen molar-refractivity contribution in [1.82, 2.24) is 4.57 Å². The number of rotatable bonds is 6. The third-order valence-electron chi connectivity index (χ3n) is 4.32. The molecule has 2 rings (SSSR count). The van der Waals surface area contributed by atoms with Crippen molar-refractivity contribution in [2.75, 3.05) is 5.32 Å². The number of aromatic nitrogens is 1. The van der Waals surface area contributed by atoms with Crippen LogP contribution in [-0.2, 0) is 16.1 Å². The Morgan fingerprint density at radius 3 is 2.27 bits per heavy atom. The van der Waals surface area contributed by atoms with Crippen molar-refractivity contribution in [1.29, 1.82) is 0 Å². The zero-order valence-electron chi connectivity index (χ0n) is 15.8. The average Bonchev–Trinajstić information content (AvgIpc) is 2.89. The minimum absolute atomic E-state index is 0.0464. The fraction of sp³-hybridized carbons (Fsp3) is 0.350. The molecule has 1 atom stereocenters. The van der Waals surface area contributed by atoms with E-state index >= 15 is 0 Å². The lowest BCUT2D eigenvalue weighted by molar-refractivity contribution is -0.123. The van der Waals surface area contributed by atoms with Crippen LogP contribution < -0.4 is 5.32 Å². The summed E-state index contributed by atoms with van der Waals surface area (Å²) in [6.45, 7) is 9.54. The van der Waals surface area contributed by atoms with E-state index < -0.39 is 18.0 Å². The van der Waals surface area contributed by atoms with Gasteiger partial charge in [0.05, 0.1) is 5.56 Å². The van der Waals surface area contributed by atoms with Crippen LogP contribution in [0.15, 0.2) is 30.3 Å². The van der Waals surface area contributed by atoms with Gasteiger partial charge in [0.2, 0.25) is 0 Å². The Kier molecular flexibility index (Phi) is 5.97. The summed E-state index contributed by atoms with van der Waals surface area (Å²) in [6, 6.07) is 8.31. The Labute approximate surface area is 153 Å². The van der Waals surface area contributed by atoms with Crippen LogP contribution >= 0.6 is 0 Å². The van der Waals surface area contributed by atoms with Crippen molar-refractivity contribution >= 4 is 23.3 Å². The van der Waals surface area contributed by atoms with Crippen molar-refractivity contribution in [3.8, 4) is 0 Å². The molecule has 0 spiro atoms. The van der Waals surface area contributed by atoms with Crippen molar-refractivity contribution in [2.24, 2.45) is 0 Å². The molecule has 0 saturated carbocycles. The fourth-order valence-corrected chi connectivity index (χ4v) is 2.80. The maximum atomic E-state index is 12.4. The largest absolute Gasteiger partial charge is 0.449 e. The predicted molar refractivity (Wildman–Crippen MR) is 99.5 cm³/mol. The first-order chi connectivity index (χ1) is 12.2. The normalized spacial score (nSPS) is 11.7. The number of ether oxygens (including phenoxy) is 1. The highest BCUT2D eigenvalue weighted by atomic mass is 16.5. The third-order valence-corrected chi connectivity index (χ3v) is 4.32. The summed E-state index contributed by atoms with van der Waals surface area (Å²) >= 11 is 0. The Balaban J connectivity index is 2.02. The highest BCUT2D eigenvalue weighted by Crippen LogP contribution is 2.17. The first-order valence-corrected chi connectivity index (χ1v) is 8.54. The lowest BCUT2D eigenvalue weighted by Crippen LogP contribution is -2.30. The lowest BCUT2D eigenvalue weighted by atomic mass is 10.1. The van der Waals surface area contributed by atoms with Gasteiger partial charge in [0.25, 0.3) is 5.91 Å². The molecular formula is C20H24N2O4. The monoisotopic (exact) mass is 356 g/mol. The zero-order chi connectivity index (χ0) is 19.4. The summed E-state index contributed by atoms with van der Waals surface area (Å²) in [5.74, 6) is -1.000. The molecule has 0 radical (unpaired) electrons. The molecule has 0 bridgehead atoms. The second-order valence-electron chi connectivity index (χ2n) is 6.20. The number of benzene rings is 1. The van der Waals surface area contributed by atoms with Crippen molar-refractivity contribution < 1.29 is 19.1 Å². The number of esters is 1. The molecular weight excluding hydrogens is 332 g/mol. The average molecular weight is 356 g/mol. The highest BCUT2D eigenvalue weighted by molar-refractivity contribution is 5.98. The van der Waals surface area contributed by atoms with Crippen LogP contribution in [0.4, 0.5) is 5.69 Å². The number of hydrogen-bond donors (Lipinski definition) is 1. The van der Waals surface area contributed by atoms with Crippen LogP contribution in [0.2, 0.25) is 0 Å². The van der Waals surface area contributed by atoms with Gasteiger partial charge in [-0.25, -0.2) is 4.79 Å². The van der Waals surface area contributed by atoms with Crippen LogP contribution in [0.5, 0.6) is 0 Å². The SMILES string of the molecule is CCn1c(C)cc(C(=O)O[C@H](C)C(=O)Nc2ccc(C(C)=O)cc2)c1C. The molecule has 26 heavy (non-hydrogen) atoms. The van der Waals surface area contributed by atoms with Gasteiger partial charge in [-0.15, -0.1) is 0 Å². The summed E-state index contributed by atoms with van der Waals surface area (Å²) in [4.78, 5) is 35.9. The molecule has 0 aliphatic rings. The molecule has 1 aromatic carbocycles. The molecule has 0 aliphatic carbocycles. The molecule has 0 unspecified atom stereocenters. The van der Waals surface area contributed by atoms with Gasteiger partial charge in [0, 0.05) is 29.2 Å². The number of nitrogens with zero attached hydrogens (tertiary/aromatic N) is 1. The molecule has 0 fully saturated rings. The number of carbonyl (C=O) groups excluding carboxylic acids is 3. The molecule has 0 aliphatic heterocycles. The maximum Gasteiger partial charge on any atom is 0.340 e. The second kappa shape index (κ2) is 7.99. The van der Waals surface area contributed by atoms with Gasteiger partial charge in [0.15, 0.2) is 11.9 Å². The van der Waals surface area contributed by atoms with Gasteiger partial charge in [-0.05, 0) is 65.0 Å². The van der Waals surface area contributed by atoms with Crippen molar-refractivity contribution in [3.63, 3.8) is 0 Å². The third kappa shape index (κ3) is 4.20. The number of hydrogen-bond acceptors (Lipinski definition) is 4. The summed E-state index contributed by atoms with van der Waals surface area (Å²) in [5, 5.41) is 2.67. The number of nitrogens with one attached hydrogen (secondary N) is 1. The molecule has 2 aromatic rings. The molecule has 6 nitrogen and oxygen atoms in total. The number of ketones is 1. The maximum absolute atomic E-state index is 12.4. The van der Waals surface area contributed by atoms with Crippen LogP contribution in [-0.4, -0.2) is 28.3 Å². The lowest BCUT2D eigenvalue weighted by Gasteiger charge is -2.14. The van der Waals surface area contributed by atoms with Gasteiger partial charge in [-0.2, -0.15) is 0 Å². The minimum atomic E-state index is -0.945. The van der Waals surface area contributed by atoms with E-state index in [9.17, 15) is 14.4 Å². The van der Waals surface area contributed by atoms with Crippen LogP contribution in [0.3, 0.4) is 0 Å². The Morgan fingerprint density at radius 1 is 1.15 bits per heavy atom. The molecule has 1 N–H and O–H groups in total. The fourth-order valence-electron chi connectivity index (χ4n) is 2.80. The Bertz CT molecular complexity index is 834. The van der Waals surface area contributed by atoms with Gasteiger partial charge in [0.1, 0.15) is 0 Å². The number of amides is 1. The first kappa shape index (κ1) is 19.4. The van der Waals surface area contributed by atoms with E-state index in [1.54, 1.807) is 30.3 Å². The van der Waals surface area contributed by atoms with E-state index in [2.05, 4.69) is 5.32 Å². The van der Waals surface area contributed by atoms with E-state index in [1.807, 2.05) is 25.3 Å². The van der Waals surface area contributed by atoms with Crippen molar-refractivity contribution in [3.05, 3.63) is 52.8 Å². The topological polar surface area (TPSA) is 77.4 Å². The summed E-state index contributed by atoms with van der Waals surface area (Å²) in [5.41, 5.74) is 3.36. The highest BCUT2D eigenvalue weighted by Gasteiger charge is 2.22. The van der Waals surface area contributed by atoms with E-state index in [-0.39, 0.29) is 5.78 Å². The number of aryl methyl sites for hydroxylation is 1. The van der Waals surface area contributed by atoms with E-state index in [0.29, 0.717) is 16.8 Å². The Hall–Kier alpha value is -2.89. The standard InChI is InChI=1S/C20H24N2O4/c1-6-22-12(2)11-18(13(22)3)20(25)26-15(5)19(24)21-17-9-7-16(8-10-17)14(4)23/h7-11,15H,6H2,1-5H3,(H,21,24)/t15-/m1/s1. The quantitative estimate of drug-likeness (QED) is 0.635. The number of anilines is 1. The molecule has 1 aromatic heterocycles. The zero-order valence-corrected chi connectivity index (χ0v) is 15.8. The number of Topliss-reactive ketones (excluding diaryl/α,β-unsaturated/α-hetero) is 1.